The van der Waals surface area contributed by atoms with E-state index in [9.17, 15) is 19.7 Å². The summed E-state index contributed by atoms with van der Waals surface area (Å²) in [6, 6.07) is 7.16. The lowest BCUT2D eigenvalue weighted by Gasteiger charge is -2.44. The molecular weight excluding hydrogens is 441 g/mol. The van der Waals surface area contributed by atoms with Crippen molar-refractivity contribution < 1.29 is 24.4 Å². The molecule has 4 atom stereocenters. The normalized spacial score (nSPS) is 27.1. The second-order valence-corrected chi connectivity index (χ2v) is 10.5. The molecule has 1 aromatic rings. The monoisotopic (exact) mass is 479 g/mol. The number of imide groups is 1. The van der Waals surface area contributed by atoms with Crippen molar-refractivity contribution in [1.82, 2.24) is 4.90 Å². The molecule has 35 heavy (non-hydrogen) atoms. The fraction of sp³-hybridized carbons (Fsp3) is 0.571. The fourth-order valence-corrected chi connectivity index (χ4v) is 6.23. The van der Waals surface area contributed by atoms with Crippen LogP contribution in [0, 0.1) is 23.7 Å². The predicted molar refractivity (Wildman–Crippen MR) is 137 cm³/mol. The summed E-state index contributed by atoms with van der Waals surface area (Å²) in [6.07, 6.45) is 6.02. The average Bonchev–Trinajstić information content (AvgIpc) is 3.07. The van der Waals surface area contributed by atoms with Gasteiger partial charge in [-0.1, -0.05) is 57.0 Å². The topological polar surface area (TPSA) is 87.1 Å². The molecule has 2 saturated heterocycles. The van der Waals surface area contributed by atoms with Crippen LogP contribution in [-0.2, 0) is 14.2 Å². The van der Waals surface area contributed by atoms with Crippen LogP contribution in [0.1, 0.15) is 65.4 Å². The third kappa shape index (κ3) is 5.12. The van der Waals surface area contributed by atoms with E-state index in [1.165, 1.54) is 16.0 Å². The van der Waals surface area contributed by atoms with E-state index >= 15 is 0 Å². The van der Waals surface area contributed by atoms with Crippen molar-refractivity contribution in [2.75, 3.05) is 6.54 Å². The summed E-state index contributed by atoms with van der Waals surface area (Å²) < 4.78 is 6.11. The predicted octanol–water partition coefficient (Wildman–Crippen LogP) is 4.83. The zero-order valence-corrected chi connectivity index (χ0v) is 21.4. The molecule has 4 rings (SSSR count). The number of phenols is 1. The van der Waals surface area contributed by atoms with Crippen molar-refractivity contribution in [1.29, 1.82) is 0 Å². The lowest BCUT2D eigenvalue weighted by atomic mass is 9.57. The van der Waals surface area contributed by atoms with E-state index in [-0.39, 0.29) is 47.3 Å². The number of carbonyl (C=O) groups excluding carboxylic acids is 2. The van der Waals surface area contributed by atoms with Gasteiger partial charge in [-0.25, -0.2) is 0 Å². The number of amides is 2. The number of hydrogen-bond acceptors (Lipinski definition) is 5. The maximum atomic E-state index is 13.4. The largest absolute Gasteiger partial charge is 0.508 e. The van der Waals surface area contributed by atoms with Crippen molar-refractivity contribution in [3.63, 3.8) is 0 Å². The highest BCUT2D eigenvalue weighted by Gasteiger charge is 2.57. The minimum atomic E-state index is -0.935. The first kappa shape index (κ1) is 25.7. The van der Waals surface area contributed by atoms with E-state index in [1.807, 2.05) is 19.1 Å². The van der Waals surface area contributed by atoms with E-state index in [1.54, 1.807) is 12.1 Å². The van der Waals surface area contributed by atoms with Gasteiger partial charge in [-0.15, -0.1) is 0 Å². The second-order valence-electron chi connectivity index (χ2n) is 10.5. The first-order valence-electron chi connectivity index (χ1n) is 13.1. The Kier molecular flexibility index (Phi) is 7.87. The van der Waals surface area contributed by atoms with Gasteiger partial charge in [-0.3, -0.25) is 14.5 Å². The lowest BCUT2D eigenvalue weighted by Crippen LogP contribution is -2.46. The summed E-state index contributed by atoms with van der Waals surface area (Å²) in [5, 5.41) is 20.2. The highest BCUT2D eigenvalue weighted by molar-refractivity contribution is 6.43. The molecule has 188 valence electrons. The number of likely N-dealkylation sites (tertiary alicyclic amines) is 1. The fourth-order valence-electron chi connectivity index (χ4n) is 6.23. The van der Waals surface area contributed by atoms with Crippen molar-refractivity contribution in [3.05, 3.63) is 46.5 Å². The van der Waals surface area contributed by atoms with E-state index in [0.29, 0.717) is 19.3 Å². The van der Waals surface area contributed by atoms with Gasteiger partial charge in [0.15, 0.2) is 0 Å². The highest BCUT2D eigenvalue weighted by Crippen LogP contribution is 2.52. The molecule has 1 aromatic carbocycles. The van der Waals surface area contributed by atoms with Crippen LogP contribution in [0.3, 0.4) is 0 Å². The number of allylic oxidation sites excluding steroid dienone is 2. The van der Waals surface area contributed by atoms with Crippen molar-refractivity contribution in [2.24, 2.45) is 23.7 Å². The Morgan fingerprint density at radius 2 is 1.89 bits per heavy atom. The van der Waals surface area contributed by atoms with Gasteiger partial charge in [-0.2, -0.15) is 0 Å². The van der Waals surface area contributed by atoms with Gasteiger partial charge in [0.1, 0.15) is 5.75 Å². The van der Waals surface area contributed by atoms with Crippen LogP contribution in [-0.4, -0.2) is 46.6 Å². The van der Waals surface area contributed by atoms with Crippen LogP contribution in [0.2, 0.25) is 6.32 Å². The Hall–Kier alpha value is -2.38. The summed E-state index contributed by atoms with van der Waals surface area (Å²) in [4.78, 5) is 28.0. The van der Waals surface area contributed by atoms with Crippen LogP contribution in [0.4, 0.5) is 0 Å². The van der Waals surface area contributed by atoms with E-state index < -0.39 is 7.12 Å². The molecule has 1 aliphatic carbocycles. The second kappa shape index (κ2) is 10.7. The first-order chi connectivity index (χ1) is 16.7. The SMILES string of the molecule is CCCN1C(=O)[C@@H]2[C@@H](CC(C(C)C)=C3[C@@H](CC/C(=C/c4ccc(O)cc4)CC)OB(O)C[C@@H]32)C1=O. The number of aromatic hydroxyl groups is 1. The smallest absolute Gasteiger partial charge is 0.455 e. The average molecular weight is 479 g/mol. The standard InChI is InChI=1S/C28H38BNO5/c1-5-13-30-27(32)22-15-21(17(3)4)25-23(26(22)28(30)33)16-29(34)35-24(25)12-9-18(6-2)14-19-7-10-20(31)11-8-19/h7-8,10-11,14,17,22-24,26,31,34H,5-6,9,12-13,15-16H2,1-4H3/b18-14+/t22-,23+,24-,26-/m1/s1. The first-order valence-corrected chi connectivity index (χ1v) is 13.1. The Balaban J connectivity index is 1.62. The third-order valence-electron chi connectivity index (χ3n) is 7.93. The lowest BCUT2D eigenvalue weighted by molar-refractivity contribution is -0.140. The number of carbonyl (C=O) groups is 2. The molecule has 2 heterocycles. The Bertz CT molecular complexity index is 1010. The Labute approximate surface area is 209 Å². The van der Waals surface area contributed by atoms with Crippen LogP contribution in [0.5, 0.6) is 5.75 Å². The molecule has 6 nitrogen and oxygen atoms in total. The van der Waals surface area contributed by atoms with Gasteiger partial charge in [0.25, 0.3) is 0 Å². The molecule has 0 unspecified atom stereocenters. The van der Waals surface area contributed by atoms with Gasteiger partial charge in [0, 0.05) is 6.54 Å². The van der Waals surface area contributed by atoms with Crippen LogP contribution < -0.4 is 0 Å². The number of fused-ring (bicyclic) bond motifs is 3. The molecule has 0 spiro atoms. The molecule has 2 fully saturated rings. The summed E-state index contributed by atoms with van der Waals surface area (Å²) in [5.74, 6) is -0.460. The number of phenolic OH excluding ortho intramolecular Hbond substituents is 1. The number of rotatable bonds is 8. The van der Waals surface area contributed by atoms with Gasteiger partial charge < -0.3 is 14.8 Å². The van der Waals surface area contributed by atoms with E-state index in [2.05, 4.69) is 26.8 Å². The van der Waals surface area contributed by atoms with E-state index in [4.69, 9.17) is 4.65 Å². The van der Waals surface area contributed by atoms with Crippen LogP contribution in [0.15, 0.2) is 41.0 Å². The summed E-state index contributed by atoms with van der Waals surface area (Å²) in [6.45, 7) is 8.87. The maximum absolute atomic E-state index is 13.4. The summed E-state index contributed by atoms with van der Waals surface area (Å²) in [5.41, 5.74) is 4.69. The molecule has 0 saturated carbocycles. The van der Waals surface area contributed by atoms with Crippen molar-refractivity contribution in [3.8, 4) is 5.75 Å². The van der Waals surface area contributed by atoms with E-state index in [0.717, 1.165) is 36.8 Å². The molecule has 3 aliphatic rings. The van der Waals surface area contributed by atoms with Gasteiger partial charge in [0.2, 0.25) is 11.8 Å². The number of nitrogens with zero attached hydrogens (tertiary/aromatic N) is 1. The van der Waals surface area contributed by atoms with Crippen molar-refractivity contribution in [2.45, 2.75) is 72.2 Å². The molecule has 2 N–H and O–H groups in total. The van der Waals surface area contributed by atoms with Crippen molar-refractivity contribution >= 4 is 25.0 Å². The molecule has 0 bridgehead atoms. The molecule has 0 radical (unpaired) electrons. The number of hydrogen-bond donors (Lipinski definition) is 2. The molecule has 2 amide bonds. The molecule has 0 aromatic heterocycles. The molecular formula is C28H38BNO5. The van der Waals surface area contributed by atoms with Gasteiger partial charge in [-0.05, 0) is 73.5 Å². The maximum Gasteiger partial charge on any atom is 0.455 e. The molecule has 2 aliphatic heterocycles. The Morgan fingerprint density at radius 1 is 1.17 bits per heavy atom. The molecule has 7 heteroatoms. The van der Waals surface area contributed by atoms with Gasteiger partial charge >= 0.3 is 7.12 Å². The minimum absolute atomic E-state index is 0.0401. The van der Waals surface area contributed by atoms with Gasteiger partial charge in [0.05, 0.1) is 17.9 Å². The number of benzene rings is 1. The van der Waals surface area contributed by atoms with Crippen LogP contribution in [0.25, 0.3) is 6.08 Å². The minimum Gasteiger partial charge on any atom is -0.508 e. The quantitative estimate of drug-likeness (QED) is 0.317. The van der Waals surface area contributed by atoms with Crippen LogP contribution >= 0.6 is 0 Å². The zero-order valence-electron chi connectivity index (χ0n) is 21.4. The summed E-state index contributed by atoms with van der Waals surface area (Å²) in [7, 11) is -0.935. The third-order valence-corrected chi connectivity index (χ3v) is 7.93. The highest BCUT2D eigenvalue weighted by atomic mass is 16.5. The zero-order chi connectivity index (χ0) is 25.3. The summed E-state index contributed by atoms with van der Waals surface area (Å²) >= 11 is 0. The Morgan fingerprint density at radius 3 is 2.51 bits per heavy atom.